The van der Waals surface area contributed by atoms with Crippen molar-refractivity contribution in [2.45, 2.75) is 39.4 Å². The van der Waals surface area contributed by atoms with Crippen molar-refractivity contribution in [2.75, 3.05) is 4.90 Å². The summed E-state index contributed by atoms with van der Waals surface area (Å²) in [5, 5.41) is 0. The number of carbonyl (C=O) groups is 1. The van der Waals surface area contributed by atoms with Gasteiger partial charge in [-0.2, -0.15) is 0 Å². The number of rotatable bonds is 3. The first kappa shape index (κ1) is 15.7. The molecule has 0 N–H and O–H groups in total. The third-order valence-corrected chi connectivity index (χ3v) is 5.01. The summed E-state index contributed by atoms with van der Waals surface area (Å²) >= 11 is 0. The molecule has 5 heteroatoms. The van der Waals surface area contributed by atoms with E-state index < -0.39 is 0 Å². The molecule has 1 atom stereocenters. The fourth-order valence-electron chi connectivity index (χ4n) is 3.89. The van der Waals surface area contributed by atoms with E-state index in [9.17, 15) is 9.59 Å². The fraction of sp³-hybridized carbons (Fsp3) is 0.300. The molecule has 1 unspecified atom stereocenters. The van der Waals surface area contributed by atoms with Gasteiger partial charge in [0, 0.05) is 18.3 Å². The van der Waals surface area contributed by atoms with Crippen LogP contribution in [0, 0.1) is 0 Å². The van der Waals surface area contributed by atoms with Crippen molar-refractivity contribution in [2.24, 2.45) is 0 Å². The molecule has 128 valence electrons. The number of hydrogen-bond acceptors (Lipinski definition) is 2. The maximum Gasteiger partial charge on any atom is 0.329 e. The van der Waals surface area contributed by atoms with Crippen LogP contribution in [0.5, 0.6) is 0 Å². The molecule has 2 aromatic carbocycles. The average Bonchev–Trinajstić information content (AvgIpc) is 3.09. The van der Waals surface area contributed by atoms with Crippen LogP contribution in [0.3, 0.4) is 0 Å². The number of hydrogen-bond donors (Lipinski definition) is 0. The number of anilines is 1. The summed E-state index contributed by atoms with van der Waals surface area (Å²) in [6.45, 7) is 4.64. The highest BCUT2D eigenvalue weighted by Crippen LogP contribution is 2.32. The van der Waals surface area contributed by atoms with E-state index in [0.717, 1.165) is 23.1 Å². The van der Waals surface area contributed by atoms with Crippen LogP contribution < -0.4 is 10.6 Å². The molecule has 0 bridgehead atoms. The number of carbonyl (C=O) groups excluding carboxylic acids is 1. The van der Waals surface area contributed by atoms with Gasteiger partial charge in [-0.15, -0.1) is 0 Å². The molecule has 4 rings (SSSR count). The summed E-state index contributed by atoms with van der Waals surface area (Å²) in [7, 11) is 0. The van der Waals surface area contributed by atoms with E-state index in [1.807, 2.05) is 54.3 Å². The number of aryl methyl sites for hydroxylation is 1. The van der Waals surface area contributed by atoms with Crippen LogP contribution in [0.1, 0.15) is 19.4 Å². The standard InChI is InChI=1S/C20H21N3O2/c1-3-21-17-10-6-7-11-18(17)22(20(21)25)13-19(24)23-14(2)12-15-8-4-5-9-16(15)23/h4-11,14H,3,12-13H2,1-2H3. The Kier molecular flexibility index (Phi) is 3.71. The zero-order valence-electron chi connectivity index (χ0n) is 14.5. The lowest BCUT2D eigenvalue weighted by atomic mass is 10.1. The normalized spacial score (nSPS) is 16.4. The van der Waals surface area contributed by atoms with Gasteiger partial charge in [0.05, 0.1) is 11.0 Å². The molecule has 0 saturated carbocycles. The zero-order valence-corrected chi connectivity index (χ0v) is 14.5. The molecule has 25 heavy (non-hydrogen) atoms. The first-order valence-corrected chi connectivity index (χ1v) is 8.70. The van der Waals surface area contributed by atoms with Crippen LogP contribution in [0.4, 0.5) is 5.69 Å². The van der Waals surface area contributed by atoms with Gasteiger partial charge in [0.1, 0.15) is 6.54 Å². The SMILES string of the molecule is CCn1c(=O)n(CC(=O)N2c3ccccc3CC2C)c2ccccc21. The minimum atomic E-state index is -0.128. The van der Waals surface area contributed by atoms with E-state index in [2.05, 4.69) is 13.0 Å². The maximum atomic E-state index is 13.0. The Morgan fingerprint density at radius 2 is 1.68 bits per heavy atom. The van der Waals surface area contributed by atoms with Gasteiger partial charge in [-0.25, -0.2) is 4.79 Å². The smallest absolute Gasteiger partial charge is 0.307 e. The lowest BCUT2D eigenvalue weighted by Crippen LogP contribution is -2.40. The Morgan fingerprint density at radius 1 is 1.04 bits per heavy atom. The van der Waals surface area contributed by atoms with Crippen LogP contribution >= 0.6 is 0 Å². The van der Waals surface area contributed by atoms with Crippen molar-refractivity contribution in [3.05, 3.63) is 64.6 Å². The van der Waals surface area contributed by atoms with Gasteiger partial charge in [-0.05, 0) is 44.0 Å². The summed E-state index contributed by atoms with van der Waals surface area (Å²) in [6, 6.07) is 15.7. The van der Waals surface area contributed by atoms with Crippen molar-refractivity contribution >= 4 is 22.6 Å². The van der Waals surface area contributed by atoms with Crippen LogP contribution in [0.25, 0.3) is 11.0 Å². The second-order valence-corrected chi connectivity index (χ2v) is 6.55. The Bertz CT molecular complexity index is 1020. The van der Waals surface area contributed by atoms with E-state index in [1.165, 1.54) is 5.56 Å². The predicted octanol–water partition coefficient (Wildman–Crippen LogP) is 2.80. The predicted molar refractivity (Wildman–Crippen MR) is 99.0 cm³/mol. The highest BCUT2D eigenvalue weighted by Gasteiger charge is 2.31. The molecule has 0 fully saturated rings. The summed E-state index contributed by atoms with van der Waals surface area (Å²) < 4.78 is 3.30. The molecule has 0 spiro atoms. The molecule has 2 heterocycles. The van der Waals surface area contributed by atoms with Gasteiger partial charge in [0.2, 0.25) is 5.91 Å². The largest absolute Gasteiger partial charge is 0.329 e. The number of aromatic nitrogens is 2. The van der Waals surface area contributed by atoms with Crippen molar-refractivity contribution in [1.29, 1.82) is 0 Å². The topological polar surface area (TPSA) is 47.2 Å². The lowest BCUT2D eigenvalue weighted by molar-refractivity contribution is -0.119. The Morgan fingerprint density at radius 3 is 2.40 bits per heavy atom. The average molecular weight is 335 g/mol. The van der Waals surface area contributed by atoms with Crippen molar-refractivity contribution < 1.29 is 4.79 Å². The maximum absolute atomic E-state index is 13.0. The number of para-hydroxylation sites is 3. The highest BCUT2D eigenvalue weighted by atomic mass is 16.2. The van der Waals surface area contributed by atoms with E-state index in [-0.39, 0.29) is 24.2 Å². The number of fused-ring (bicyclic) bond motifs is 2. The van der Waals surface area contributed by atoms with Crippen LogP contribution in [0.2, 0.25) is 0 Å². The molecule has 1 aliphatic heterocycles. The molecule has 0 radical (unpaired) electrons. The fourth-order valence-corrected chi connectivity index (χ4v) is 3.89. The third-order valence-electron chi connectivity index (χ3n) is 5.01. The first-order chi connectivity index (χ1) is 12.1. The van der Waals surface area contributed by atoms with Gasteiger partial charge in [0.15, 0.2) is 0 Å². The highest BCUT2D eigenvalue weighted by molar-refractivity contribution is 5.96. The van der Waals surface area contributed by atoms with Gasteiger partial charge < -0.3 is 4.90 Å². The van der Waals surface area contributed by atoms with Gasteiger partial charge >= 0.3 is 5.69 Å². The molecule has 1 amide bonds. The van der Waals surface area contributed by atoms with E-state index >= 15 is 0 Å². The summed E-state index contributed by atoms with van der Waals surface area (Å²) in [6.07, 6.45) is 0.855. The second-order valence-electron chi connectivity index (χ2n) is 6.55. The molecule has 5 nitrogen and oxygen atoms in total. The lowest BCUT2D eigenvalue weighted by Gasteiger charge is -2.23. The van der Waals surface area contributed by atoms with Crippen molar-refractivity contribution in [1.82, 2.24) is 9.13 Å². The molecule has 0 saturated heterocycles. The summed E-state index contributed by atoms with van der Waals surface area (Å²) in [5.74, 6) is -0.0430. The number of imidazole rings is 1. The Labute approximate surface area is 146 Å². The van der Waals surface area contributed by atoms with E-state index in [0.29, 0.717) is 6.54 Å². The number of amides is 1. The Balaban J connectivity index is 1.74. The molecule has 1 aromatic heterocycles. The molecule has 1 aliphatic rings. The van der Waals surface area contributed by atoms with E-state index in [1.54, 1.807) is 9.13 Å². The van der Waals surface area contributed by atoms with Gasteiger partial charge in [-0.1, -0.05) is 30.3 Å². The minimum absolute atomic E-state index is 0.0430. The molecule has 3 aromatic rings. The van der Waals surface area contributed by atoms with Gasteiger partial charge in [0.25, 0.3) is 0 Å². The summed E-state index contributed by atoms with van der Waals surface area (Å²) in [5.41, 5.74) is 3.71. The van der Waals surface area contributed by atoms with Gasteiger partial charge in [-0.3, -0.25) is 13.9 Å². The zero-order chi connectivity index (χ0) is 17.6. The minimum Gasteiger partial charge on any atom is -0.307 e. The van der Waals surface area contributed by atoms with Crippen molar-refractivity contribution in [3.63, 3.8) is 0 Å². The number of nitrogens with zero attached hydrogens (tertiary/aromatic N) is 3. The quantitative estimate of drug-likeness (QED) is 0.739. The van der Waals surface area contributed by atoms with Crippen LogP contribution in [-0.2, 0) is 24.3 Å². The third kappa shape index (κ3) is 2.38. The number of benzene rings is 2. The second kappa shape index (κ2) is 5.92. The van der Waals surface area contributed by atoms with Crippen LogP contribution in [0.15, 0.2) is 53.3 Å². The summed E-state index contributed by atoms with van der Waals surface area (Å²) in [4.78, 5) is 27.6. The molecule has 0 aliphatic carbocycles. The van der Waals surface area contributed by atoms with Crippen molar-refractivity contribution in [3.8, 4) is 0 Å². The molecular formula is C20H21N3O2. The molecular weight excluding hydrogens is 314 g/mol. The van der Waals surface area contributed by atoms with E-state index in [4.69, 9.17) is 0 Å². The first-order valence-electron chi connectivity index (χ1n) is 8.70. The van der Waals surface area contributed by atoms with Crippen LogP contribution in [-0.4, -0.2) is 21.1 Å². The monoisotopic (exact) mass is 335 g/mol. The Hall–Kier alpha value is -2.82.